The van der Waals surface area contributed by atoms with Gasteiger partial charge in [0, 0.05) is 45.9 Å². The lowest BCUT2D eigenvalue weighted by Gasteiger charge is -2.34. The van der Waals surface area contributed by atoms with Gasteiger partial charge in [-0.1, -0.05) is 12.1 Å². The molecule has 0 saturated carbocycles. The summed E-state index contributed by atoms with van der Waals surface area (Å²) in [6, 6.07) is 0.665. The van der Waals surface area contributed by atoms with Crippen LogP contribution in [-0.4, -0.2) is 74.6 Å². The number of alkyl halides is 3. The minimum atomic E-state index is -5.01. The zero-order valence-electron chi connectivity index (χ0n) is 26.6. The molecule has 1 aromatic carbocycles. The first-order chi connectivity index (χ1) is 21.2. The number of hydrogen-bond donors (Lipinski definition) is 2. The molecule has 0 spiro atoms. The van der Waals surface area contributed by atoms with E-state index in [1.807, 2.05) is 5.32 Å². The molecule has 2 fully saturated rings. The number of nitrogens with one attached hydrogen (secondary N) is 2. The molecule has 2 aromatic heterocycles. The zero-order chi connectivity index (χ0) is 34.0. The first kappa shape index (κ1) is 20.9. The highest BCUT2D eigenvalue weighted by Gasteiger charge is 2.40. The van der Waals surface area contributed by atoms with Crippen molar-refractivity contribution in [2.75, 3.05) is 26.1 Å². The van der Waals surface area contributed by atoms with Gasteiger partial charge in [-0.3, -0.25) is 14.3 Å². The molecule has 4 heterocycles. The number of amides is 3. The average molecular weight is 573 g/mol. The highest BCUT2D eigenvalue weighted by molar-refractivity contribution is 5.87. The summed E-state index contributed by atoms with van der Waals surface area (Å²) in [6.07, 6.45) is -8.67. The van der Waals surface area contributed by atoms with Crippen LogP contribution >= 0.6 is 0 Å². The Hall–Kier alpha value is -3.97. The smallest absolute Gasteiger partial charge is 0.331 e. The third-order valence-electron chi connectivity index (χ3n) is 6.66. The van der Waals surface area contributed by atoms with Crippen molar-refractivity contribution in [3.05, 3.63) is 64.2 Å². The quantitative estimate of drug-likeness (QED) is 0.466. The third kappa shape index (κ3) is 5.65. The maximum absolute atomic E-state index is 14.7. The average Bonchev–Trinajstić information content (AvgIpc) is 3.21. The van der Waals surface area contributed by atoms with E-state index in [1.54, 1.807) is 0 Å². The maximum Gasteiger partial charge on any atom is 0.406 e. The summed E-state index contributed by atoms with van der Waals surface area (Å²) in [5.74, 6) is -5.86. The van der Waals surface area contributed by atoms with Crippen LogP contribution in [0.1, 0.15) is 51.4 Å². The van der Waals surface area contributed by atoms with Crippen LogP contribution in [0.25, 0.3) is 11.2 Å². The molecule has 3 aromatic rings. The van der Waals surface area contributed by atoms with E-state index in [2.05, 4.69) is 9.97 Å². The van der Waals surface area contributed by atoms with Crippen LogP contribution in [0, 0.1) is 11.6 Å². The molecule has 214 valence electrons. The van der Waals surface area contributed by atoms with Gasteiger partial charge in [-0.25, -0.2) is 23.4 Å². The number of nitrogens with zero attached hydrogens (tertiary/aromatic N) is 4. The fraction of sp³-hybridized carbons (Fsp3) is 0.462. The summed E-state index contributed by atoms with van der Waals surface area (Å²) in [5, 5.41) is 1.91. The van der Waals surface area contributed by atoms with Crippen LogP contribution in [0.15, 0.2) is 41.3 Å². The second-order valence-corrected chi connectivity index (χ2v) is 9.35. The number of pyridine rings is 1. The van der Waals surface area contributed by atoms with Gasteiger partial charge in [0.05, 0.1) is 5.52 Å². The summed E-state index contributed by atoms with van der Waals surface area (Å²) in [4.78, 5) is 46.4. The molecular formula is C26H27F5N6O3. The number of imidazole rings is 1. The predicted molar refractivity (Wildman–Crippen MR) is 133 cm³/mol. The number of urea groups is 1. The number of hydrogen-bond acceptors (Lipinski definition) is 4. The lowest BCUT2D eigenvalue weighted by molar-refractivity contribution is -0.162. The van der Waals surface area contributed by atoms with E-state index < -0.39 is 111 Å². The third-order valence-corrected chi connectivity index (χ3v) is 6.66. The monoisotopic (exact) mass is 572 g/mol. The first-order valence-electron chi connectivity index (χ1n) is 15.2. The van der Waals surface area contributed by atoms with Crippen molar-refractivity contribution in [1.29, 1.82) is 0 Å². The van der Waals surface area contributed by atoms with Crippen LogP contribution in [-0.2, 0) is 4.79 Å². The Morgan fingerprint density at radius 1 is 1.12 bits per heavy atom. The summed E-state index contributed by atoms with van der Waals surface area (Å²) in [5.41, 5.74) is -0.807. The molecule has 2 N–H and O–H groups in total. The van der Waals surface area contributed by atoms with Gasteiger partial charge in [0.1, 0.15) is 12.6 Å². The van der Waals surface area contributed by atoms with Gasteiger partial charge in [-0.15, -0.1) is 0 Å². The van der Waals surface area contributed by atoms with Gasteiger partial charge in [-0.2, -0.15) is 13.2 Å². The molecule has 2 atom stereocenters. The number of aromatic nitrogens is 3. The second-order valence-electron chi connectivity index (χ2n) is 9.35. The number of likely N-dealkylation sites (tertiary alicyclic amines) is 2. The van der Waals surface area contributed by atoms with Crippen LogP contribution in [0.3, 0.4) is 0 Å². The number of H-pyrrole nitrogens is 1. The Kier molecular flexibility index (Phi) is 5.68. The second kappa shape index (κ2) is 10.9. The van der Waals surface area contributed by atoms with E-state index in [0.717, 1.165) is 22.8 Å². The van der Waals surface area contributed by atoms with Crippen LogP contribution < -0.4 is 11.0 Å². The van der Waals surface area contributed by atoms with Crippen molar-refractivity contribution in [2.45, 2.75) is 49.8 Å². The van der Waals surface area contributed by atoms with Gasteiger partial charge in [0.15, 0.2) is 17.3 Å². The van der Waals surface area contributed by atoms with E-state index in [4.69, 9.17) is 8.22 Å². The number of rotatable bonds is 4. The van der Waals surface area contributed by atoms with Crippen LogP contribution in [0.2, 0.25) is 0 Å². The molecule has 2 saturated heterocycles. The topological polar surface area (TPSA) is 103 Å². The molecule has 5 rings (SSSR count). The zero-order valence-corrected chi connectivity index (χ0v) is 20.6. The van der Waals surface area contributed by atoms with E-state index in [-0.39, 0.29) is 21.0 Å². The number of halogens is 5. The Balaban J connectivity index is 1.46. The normalized spacial score (nSPS) is 27.1. The molecule has 0 aliphatic carbocycles. The predicted octanol–water partition coefficient (Wildman–Crippen LogP) is 3.69. The molecule has 3 amide bonds. The summed E-state index contributed by atoms with van der Waals surface area (Å²) >= 11 is 0. The van der Waals surface area contributed by atoms with Gasteiger partial charge in [0.2, 0.25) is 5.91 Å². The highest BCUT2D eigenvalue weighted by Crippen LogP contribution is 2.32. The minimum absolute atomic E-state index is 0.0840. The lowest BCUT2D eigenvalue weighted by atomic mass is 9.93. The Labute approximate surface area is 233 Å². The van der Waals surface area contributed by atoms with E-state index >= 15 is 0 Å². The van der Waals surface area contributed by atoms with Gasteiger partial charge in [0.25, 0.3) is 0 Å². The standard InChI is InChI=1S/C26H27F5N6O3/c27-18-4-1-3-17(21(18)28)15-6-7-19(23(38)36(13-15)14-26(29,30)31)33-24(39)35-11-8-16(9-12-35)37-20-5-2-10-32-22(20)34-25(37)40/h1-5,10,15-16,19H,6-9,11-14H2,(H,33,39)(H,32,34,40)/t15-,19-/m1/s1/i7D2,11D2,12D2. The van der Waals surface area contributed by atoms with Gasteiger partial charge >= 0.3 is 17.9 Å². The molecule has 0 radical (unpaired) electrons. The summed E-state index contributed by atoms with van der Waals surface area (Å²) in [7, 11) is 0. The van der Waals surface area contributed by atoms with Gasteiger partial charge in [-0.05, 0) is 49.4 Å². The molecule has 40 heavy (non-hydrogen) atoms. The SMILES string of the molecule is [2H]C1([2H])C[C@@H](c2cccc(F)c2F)CN(CC(F)(F)F)C(=O)[C@@H]1NC(=O)N1C([2H])([2H])CC(n2c(=O)[nH]c3ncccc32)CC1([2H])[2H]. The van der Waals surface area contributed by atoms with Crippen molar-refractivity contribution in [1.82, 2.24) is 29.7 Å². The summed E-state index contributed by atoms with van der Waals surface area (Å²) in [6.45, 7) is -8.57. The Morgan fingerprint density at radius 3 is 2.60 bits per heavy atom. The number of fused-ring (bicyclic) bond motifs is 1. The number of benzene rings is 1. The van der Waals surface area contributed by atoms with Crippen LogP contribution in [0.4, 0.5) is 26.7 Å². The molecule has 9 nitrogen and oxygen atoms in total. The van der Waals surface area contributed by atoms with E-state index in [0.29, 0.717) is 0 Å². The maximum atomic E-state index is 14.7. The Morgan fingerprint density at radius 2 is 1.88 bits per heavy atom. The highest BCUT2D eigenvalue weighted by atomic mass is 19.4. The number of piperidine rings is 1. The van der Waals surface area contributed by atoms with Crippen molar-refractivity contribution >= 4 is 23.1 Å². The fourth-order valence-electron chi connectivity index (χ4n) is 4.82. The van der Waals surface area contributed by atoms with Crippen molar-refractivity contribution in [3.8, 4) is 0 Å². The fourth-order valence-corrected chi connectivity index (χ4v) is 4.82. The van der Waals surface area contributed by atoms with E-state index in [9.17, 15) is 36.3 Å². The van der Waals surface area contributed by atoms with Crippen LogP contribution in [0.5, 0.6) is 0 Å². The first-order valence-corrected chi connectivity index (χ1v) is 12.2. The number of carbonyl (C=O) groups is 2. The molecule has 14 heteroatoms. The summed E-state index contributed by atoms with van der Waals surface area (Å²) < 4.78 is 122. The molecule has 2 aliphatic heterocycles. The molecular weight excluding hydrogens is 539 g/mol. The number of carbonyl (C=O) groups excluding carboxylic acids is 2. The number of aromatic amines is 1. The van der Waals surface area contributed by atoms with Crippen molar-refractivity contribution < 1.29 is 39.8 Å². The molecule has 2 aliphatic rings. The lowest BCUT2D eigenvalue weighted by Crippen LogP contribution is -2.54. The van der Waals surface area contributed by atoms with E-state index in [1.165, 1.54) is 18.3 Å². The van der Waals surface area contributed by atoms with Gasteiger partial charge < -0.3 is 15.1 Å². The minimum Gasteiger partial charge on any atom is -0.331 e. The largest absolute Gasteiger partial charge is 0.406 e. The Bertz CT molecular complexity index is 1720. The molecule has 0 bridgehead atoms. The van der Waals surface area contributed by atoms with Crippen molar-refractivity contribution in [2.24, 2.45) is 0 Å². The van der Waals surface area contributed by atoms with Crippen molar-refractivity contribution in [3.63, 3.8) is 0 Å². The molecule has 0 unspecified atom stereocenters.